The molecule has 1 amide bonds. The van der Waals surface area contributed by atoms with E-state index in [2.05, 4.69) is 27.2 Å². The minimum Gasteiger partial charge on any atom is -0.378 e. The van der Waals surface area contributed by atoms with Crippen molar-refractivity contribution in [1.29, 1.82) is 0 Å². The molecule has 1 aromatic heterocycles. The summed E-state index contributed by atoms with van der Waals surface area (Å²) in [7, 11) is 0. The summed E-state index contributed by atoms with van der Waals surface area (Å²) in [5.74, 6) is -0.146. The molecule has 8 heteroatoms. The predicted octanol–water partition coefficient (Wildman–Crippen LogP) is 3.47. The van der Waals surface area contributed by atoms with Gasteiger partial charge in [-0.15, -0.1) is 0 Å². The molecule has 3 heterocycles. The fraction of sp³-hybridized carbons (Fsp3) is 0.310. The van der Waals surface area contributed by atoms with Gasteiger partial charge < -0.3 is 29.2 Å². The summed E-state index contributed by atoms with van der Waals surface area (Å²) in [6.07, 6.45) is 0. The van der Waals surface area contributed by atoms with Gasteiger partial charge in [0.1, 0.15) is 6.54 Å². The lowest BCUT2D eigenvalue weighted by atomic mass is 10.1. The number of nitrogens with zero attached hydrogens (tertiary/aromatic N) is 3. The van der Waals surface area contributed by atoms with Gasteiger partial charge in [-0.2, -0.15) is 0 Å². The van der Waals surface area contributed by atoms with Crippen molar-refractivity contribution in [2.75, 3.05) is 67.7 Å². The highest BCUT2D eigenvalue weighted by Gasteiger charge is 2.20. The zero-order chi connectivity index (χ0) is 25.2. The first-order chi connectivity index (χ1) is 18.2. The van der Waals surface area contributed by atoms with Crippen molar-refractivity contribution in [3.05, 3.63) is 77.0 Å². The van der Waals surface area contributed by atoms with Gasteiger partial charge in [0.15, 0.2) is 5.43 Å². The average molecular weight is 499 g/mol. The molecule has 1 N–H and O–H groups in total. The number of carbonyl (C=O) groups excluding carboxylic acids is 1. The lowest BCUT2D eigenvalue weighted by Gasteiger charge is -2.33. The summed E-state index contributed by atoms with van der Waals surface area (Å²) >= 11 is 0. The second-order valence-corrected chi connectivity index (χ2v) is 9.40. The van der Waals surface area contributed by atoms with Crippen LogP contribution >= 0.6 is 0 Å². The Kier molecular flexibility index (Phi) is 6.51. The van der Waals surface area contributed by atoms with Crippen LogP contribution in [0.25, 0.3) is 21.8 Å². The Bertz CT molecular complexity index is 1440. The van der Waals surface area contributed by atoms with Crippen molar-refractivity contribution in [2.45, 2.75) is 6.54 Å². The molecule has 0 unspecified atom stereocenters. The first-order valence-electron chi connectivity index (χ1n) is 12.8. The number of hydrogen-bond acceptors (Lipinski definition) is 6. The molecule has 2 aliphatic heterocycles. The standard InChI is InChI=1S/C29H30N4O4/c34-28(20-33-25-7-3-1-5-22(25)29(35)23-6-2-4-8-26(23)33)30-24-10-9-21(31-11-15-36-16-12-31)19-27(24)32-13-17-37-18-14-32/h1-10,19H,11-18,20H2,(H,30,34). The molecule has 0 bridgehead atoms. The summed E-state index contributed by atoms with van der Waals surface area (Å²) in [4.78, 5) is 31.1. The highest BCUT2D eigenvalue weighted by atomic mass is 16.5. The largest absolute Gasteiger partial charge is 0.378 e. The Labute approximate surface area is 215 Å². The smallest absolute Gasteiger partial charge is 0.244 e. The molecule has 3 aromatic carbocycles. The van der Waals surface area contributed by atoms with Gasteiger partial charge in [0.2, 0.25) is 5.91 Å². The van der Waals surface area contributed by atoms with Gasteiger partial charge in [0.25, 0.3) is 0 Å². The monoisotopic (exact) mass is 498 g/mol. The number of fused-ring (bicyclic) bond motifs is 2. The van der Waals surface area contributed by atoms with Crippen LogP contribution in [0.3, 0.4) is 0 Å². The van der Waals surface area contributed by atoms with E-state index in [1.807, 2.05) is 59.2 Å². The normalized spacial score (nSPS) is 16.3. The molecule has 37 heavy (non-hydrogen) atoms. The van der Waals surface area contributed by atoms with Crippen LogP contribution in [0.5, 0.6) is 0 Å². The highest BCUT2D eigenvalue weighted by molar-refractivity contribution is 5.99. The van der Waals surface area contributed by atoms with Crippen molar-refractivity contribution in [1.82, 2.24) is 4.57 Å². The van der Waals surface area contributed by atoms with E-state index in [0.717, 1.165) is 54.3 Å². The first-order valence-corrected chi connectivity index (χ1v) is 12.8. The minimum absolute atomic E-state index is 0.0174. The molecule has 8 nitrogen and oxygen atoms in total. The number of rotatable bonds is 5. The Morgan fingerprint density at radius 3 is 1.95 bits per heavy atom. The fourth-order valence-electron chi connectivity index (χ4n) is 5.29. The lowest BCUT2D eigenvalue weighted by Crippen LogP contribution is -2.38. The maximum atomic E-state index is 13.5. The number of pyridine rings is 1. The number of nitrogens with one attached hydrogen (secondary N) is 1. The Morgan fingerprint density at radius 1 is 0.757 bits per heavy atom. The van der Waals surface area contributed by atoms with Crippen LogP contribution in [0.15, 0.2) is 71.5 Å². The van der Waals surface area contributed by atoms with E-state index in [4.69, 9.17) is 9.47 Å². The SMILES string of the molecule is O=C(Cn1c2ccccc2c(=O)c2ccccc21)Nc1ccc(N2CCOCC2)cc1N1CCOCC1. The van der Waals surface area contributed by atoms with E-state index in [1.165, 1.54) is 0 Å². The van der Waals surface area contributed by atoms with Crippen molar-refractivity contribution in [3.63, 3.8) is 0 Å². The lowest BCUT2D eigenvalue weighted by molar-refractivity contribution is -0.116. The summed E-state index contributed by atoms with van der Waals surface area (Å²) in [6, 6.07) is 21.2. The summed E-state index contributed by atoms with van der Waals surface area (Å²) in [5, 5.41) is 4.39. The van der Waals surface area contributed by atoms with E-state index in [-0.39, 0.29) is 17.9 Å². The van der Waals surface area contributed by atoms with E-state index in [9.17, 15) is 9.59 Å². The molecule has 0 spiro atoms. The molecule has 0 aliphatic carbocycles. The van der Waals surface area contributed by atoms with E-state index < -0.39 is 0 Å². The minimum atomic E-state index is -0.146. The summed E-state index contributed by atoms with van der Waals surface area (Å²) in [6.45, 7) is 6.07. The van der Waals surface area contributed by atoms with Crippen molar-refractivity contribution in [2.24, 2.45) is 0 Å². The van der Waals surface area contributed by atoms with Gasteiger partial charge in [-0.25, -0.2) is 0 Å². The van der Waals surface area contributed by atoms with Gasteiger partial charge in [-0.1, -0.05) is 24.3 Å². The number of amides is 1. The van der Waals surface area contributed by atoms with Crippen LogP contribution in [-0.4, -0.2) is 63.1 Å². The number of para-hydroxylation sites is 2. The quantitative estimate of drug-likeness (QED) is 0.425. The Balaban J connectivity index is 1.34. The fourth-order valence-corrected chi connectivity index (χ4v) is 5.29. The molecular weight excluding hydrogens is 468 g/mol. The molecule has 4 aromatic rings. The maximum Gasteiger partial charge on any atom is 0.244 e. The third kappa shape index (κ3) is 4.65. The second kappa shape index (κ2) is 10.2. The third-order valence-electron chi connectivity index (χ3n) is 7.16. The Morgan fingerprint density at radius 2 is 1.32 bits per heavy atom. The van der Waals surface area contributed by atoms with E-state index >= 15 is 0 Å². The molecular formula is C29H30N4O4. The zero-order valence-corrected chi connectivity index (χ0v) is 20.7. The Hall–Kier alpha value is -3.88. The summed E-state index contributed by atoms with van der Waals surface area (Å²) in [5.41, 5.74) is 4.38. The van der Waals surface area contributed by atoms with Gasteiger partial charge >= 0.3 is 0 Å². The van der Waals surface area contributed by atoms with Crippen molar-refractivity contribution >= 4 is 44.8 Å². The number of carbonyl (C=O) groups is 1. The van der Waals surface area contributed by atoms with Crippen LogP contribution in [-0.2, 0) is 20.8 Å². The molecule has 190 valence electrons. The van der Waals surface area contributed by atoms with Crippen LogP contribution in [0.4, 0.5) is 17.1 Å². The van der Waals surface area contributed by atoms with E-state index in [0.29, 0.717) is 37.2 Å². The molecule has 6 rings (SSSR count). The van der Waals surface area contributed by atoms with Gasteiger partial charge in [0.05, 0.1) is 48.8 Å². The highest BCUT2D eigenvalue weighted by Crippen LogP contribution is 2.32. The first kappa shape index (κ1) is 23.5. The number of hydrogen-bond donors (Lipinski definition) is 1. The maximum absolute atomic E-state index is 13.5. The summed E-state index contributed by atoms with van der Waals surface area (Å²) < 4.78 is 13.0. The number of aromatic nitrogens is 1. The predicted molar refractivity (Wildman–Crippen MR) is 147 cm³/mol. The van der Waals surface area contributed by atoms with Crippen LogP contribution in [0.2, 0.25) is 0 Å². The van der Waals surface area contributed by atoms with Gasteiger partial charge in [-0.05, 0) is 42.5 Å². The van der Waals surface area contributed by atoms with Gasteiger partial charge in [-0.3, -0.25) is 9.59 Å². The van der Waals surface area contributed by atoms with Crippen LogP contribution in [0, 0.1) is 0 Å². The number of morpholine rings is 2. The van der Waals surface area contributed by atoms with Crippen LogP contribution < -0.4 is 20.5 Å². The molecule has 0 saturated carbocycles. The van der Waals surface area contributed by atoms with E-state index in [1.54, 1.807) is 0 Å². The number of ether oxygens (including phenoxy) is 2. The number of benzene rings is 3. The molecule has 0 radical (unpaired) electrons. The van der Waals surface area contributed by atoms with Crippen molar-refractivity contribution in [3.8, 4) is 0 Å². The molecule has 2 saturated heterocycles. The van der Waals surface area contributed by atoms with Crippen LogP contribution in [0.1, 0.15) is 0 Å². The zero-order valence-electron chi connectivity index (χ0n) is 20.7. The second-order valence-electron chi connectivity index (χ2n) is 9.40. The number of anilines is 3. The van der Waals surface area contributed by atoms with Gasteiger partial charge in [0, 0.05) is 42.6 Å². The molecule has 2 fully saturated rings. The molecule has 0 atom stereocenters. The molecule has 2 aliphatic rings. The average Bonchev–Trinajstić information content (AvgIpc) is 2.96. The van der Waals surface area contributed by atoms with Crippen molar-refractivity contribution < 1.29 is 14.3 Å². The third-order valence-corrected chi connectivity index (χ3v) is 7.16. The topological polar surface area (TPSA) is 76.0 Å².